The number of thioether (sulfide) groups is 1. The van der Waals surface area contributed by atoms with E-state index >= 15 is 0 Å². The van der Waals surface area contributed by atoms with Gasteiger partial charge in [-0.05, 0) is 60.5 Å². The van der Waals surface area contributed by atoms with Crippen molar-refractivity contribution in [3.63, 3.8) is 0 Å². The number of fused-ring (bicyclic) bond motifs is 1. The molecule has 4 aromatic rings. The quantitative estimate of drug-likeness (QED) is 0.316. The summed E-state index contributed by atoms with van der Waals surface area (Å²) in [5, 5.41) is 6.85. The maximum absolute atomic E-state index is 13.9. The summed E-state index contributed by atoms with van der Waals surface area (Å²) in [6.45, 7) is 3.42. The minimum atomic E-state index is -0.310. The third-order valence-corrected chi connectivity index (χ3v) is 9.24. The Bertz CT molecular complexity index is 1480. The Labute approximate surface area is 229 Å². The molecule has 1 unspecified atom stereocenters. The van der Waals surface area contributed by atoms with Crippen LogP contribution in [0.3, 0.4) is 0 Å². The van der Waals surface area contributed by atoms with E-state index in [-0.39, 0.29) is 35.2 Å². The van der Waals surface area contributed by atoms with Gasteiger partial charge in [-0.15, -0.1) is 23.1 Å². The van der Waals surface area contributed by atoms with Gasteiger partial charge >= 0.3 is 0 Å². The number of hydrogen-bond donors (Lipinski definition) is 0. The van der Waals surface area contributed by atoms with Crippen molar-refractivity contribution in [1.29, 1.82) is 0 Å². The highest BCUT2D eigenvalue weighted by atomic mass is 32.2. The van der Waals surface area contributed by atoms with Gasteiger partial charge in [0.1, 0.15) is 23.9 Å². The largest absolute Gasteiger partial charge is 0.341 e. The zero-order chi connectivity index (χ0) is 26.2. The maximum Gasteiger partial charge on any atom is 0.242 e. The summed E-state index contributed by atoms with van der Waals surface area (Å²) in [5.41, 5.74) is 4.38. The van der Waals surface area contributed by atoms with Crippen LogP contribution in [0.5, 0.6) is 0 Å². The van der Waals surface area contributed by atoms with Gasteiger partial charge in [-0.3, -0.25) is 14.5 Å². The average Bonchev–Trinajstić information content (AvgIpc) is 3.69. The molecule has 38 heavy (non-hydrogen) atoms. The summed E-state index contributed by atoms with van der Waals surface area (Å²) >= 11 is 3.07. The molecule has 6 rings (SSSR count). The van der Waals surface area contributed by atoms with E-state index in [9.17, 15) is 14.0 Å². The molecule has 0 saturated carbocycles. The van der Waals surface area contributed by atoms with Crippen molar-refractivity contribution in [2.24, 2.45) is 0 Å². The van der Waals surface area contributed by atoms with E-state index in [0.29, 0.717) is 5.82 Å². The first-order valence-corrected chi connectivity index (χ1v) is 14.6. The number of hydrogen-bond acceptors (Lipinski definition) is 5. The molecule has 9 heteroatoms. The highest BCUT2D eigenvalue weighted by Crippen LogP contribution is 2.49. The van der Waals surface area contributed by atoms with Crippen molar-refractivity contribution >= 4 is 40.7 Å². The lowest BCUT2D eigenvalue weighted by atomic mass is 10.0. The predicted molar refractivity (Wildman–Crippen MR) is 150 cm³/mol. The number of likely N-dealkylation sites (tertiary alicyclic amines) is 1. The van der Waals surface area contributed by atoms with E-state index in [4.69, 9.17) is 5.10 Å². The summed E-state index contributed by atoms with van der Waals surface area (Å²) in [6.07, 6.45) is 1.97. The Morgan fingerprint density at radius 2 is 1.82 bits per heavy atom. The van der Waals surface area contributed by atoms with Crippen LogP contribution in [-0.4, -0.2) is 51.9 Å². The molecule has 0 bridgehead atoms. The predicted octanol–water partition coefficient (Wildman–Crippen LogP) is 5.84. The van der Waals surface area contributed by atoms with E-state index in [2.05, 4.69) is 0 Å². The minimum Gasteiger partial charge on any atom is -0.341 e. The number of rotatable bonds is 5. The van der Waals surface area contributed by atoms with Crippen LogP contribution in [0.2, 0.25) is 0 Å². The number of aryl methyl sites for hydroxylation is 1. The van der Waals surface area contributed by atoms with Crippen molar-refractivity contribution in [2.75, 3.05) is 30.3 Å². The van der Waals surface area contributed by atoms with Gasteiger partial charge in [0.25, 0.3) is 0 Å². The number of para-hydroxylation sites is 1. The molecule has 1 atom stereocenters. The Morgan fingerprint density at radius 1 is 1.05 bits per heavy atom. The first-order valence-electron chi connectivity index (χ1n) is 12.7. The second-order valence-corrected chi connectivity index (χ2v) is 11.6. The smallest absolute Gasteiger partial charge is 0.242 e. The lowest BCUT2D eigenvalue weighted by molar-refractivity contribution is -0.130. The van der Waals surface area contributed by atoms with Crippen LogP contribution in [-0.2, 0) is 9.59 Å². The molecule has 0 spiro atoms. The molecule has 0 radical (unpaired) electrons. The summed E-state index contributed by atoms with van der Waals surface area (Å²) in [4.78, 5) is 31.6. The minimum absolute atomic E-state index is 0.0377. The second-order valence-electron chi connectivity index (χ2n) is 9.57. The number of anilines is 1. The zero-order valence-electron chi connectivity index (χ0n) is 21.0. The fourth-order valence-corrected chi connectivity index (χ4v) is 7.11. The molecule has 194 valence electrons. The molecule has 2 amide bonds. The molecule has 4 heterocycles. The fraction of sp³-hybridized carbons (Fsp3) is 0.276. The number of carbonyl (C=O) groups excluding carboxylic acids is 2. The first kappa shape index (κ1) is 24.9. The van der Waals surface area contributed by atoms with E-state index in [1.807, 2.05) is 58.3 Å². The van der Waals surface area contributed by atoms with E-state index in [1.165, 1.54) is 23.9 Å². The van der Waals surface area contributed by atoms with Crippen LogP contribution in [0.4, 0.5) is 10.2 Å². The van der Waals surface area contributed by atoms with Crippen molar-refractivity contribution < 1.29 is 14.0 Å². The number of nitrogens with zero attached hydrogens (tertiary/aromatic N) is 4. The van der Waals surface area contributed by atoms with Gasteiger partial charge in [0.2, 0.25) is 11.8 Å². The normalized spacial score (nSPS) is 17.5. The monoisotopic (exact) mass is 546 g/mol. The van der Waals surface area contributed by atoms with Crippen LogP contribution in [0.25, 0.3) is 16.3 Å². The molecular formula is C29H27FN4O2S2. The molecule has 2 aliphatic rings. The van der Waals surface area contributed by atoms with Crippen LogP contribution < -0.4 is 4.90 Å². The zero-order valence-corrected chi connectivity index (χ0v) is 22.6. The lowest BCUT2D eigenvalue weighted by Crippen LogP contribution is -2.43. The second kappa shape index (κ2) is 10.4. The Morgan fingerprint density at radius 3 is 2.53 bits per heavy atom. The van der Waals surface area contributed by atoms with Crippen LogP contribution >= 0.6 is 23.1 Å². The number of carbonyl (C=O) groups is 2. The summed E-state index contributed by atoms with van der Waals surface area (Å²) in [7, 11) is 0. The van der Waals surface area contributed by atoms with Gasteiger partial charge in [-0.2, -0.15) is 5.10 Å². The van der Waals surface area contributed by atoms with Crippen molar-refractivity contribution in [3.05, 3.63) is 88.6 Å². The van der Waals surface area contributed by atoms with Crippen molar-refractivity contribution in [2.45, 2.75) is 25.0 Å². The lowest BCUT2D eigenvalue weighted by Gasteiger charge is -2.26. The Hall–Kier alpha value is -3.43. The first-order chi connectivity index (χ1) is 18.5. The summed E-state index contributed by atoms with van der Waals surface area (Å²) in [6, 6.07) is 18.4. The standard InChI is InChI=1S/C29H27FN4O2S2/c1-19-7-2-3-8-22(19)34-29-26(27(31-34)23-9-6-16-37-23)28(20-10-12-21(30)13-11-20)38-18-25(36)33(29)17-24(35)32-14-4-5-15-32/h2-3,6-13,16,28H,4-5,14-15,17-18H2,1H3. The molecule has 0 N–H and O–H groups in total. The molecular weight excluding hydrogens is 519 g/mol. The fourth-order valence-electron chi connectivity index (χ4n) is 5.19. The summed E-state index contributed by atoms with van der Waals surface area (Å²) in [5.74, 6) is 0.306. The molecule has 2 aliphatic heterocycles. The third-order valence-electron chi connectivity index (χ3n) is 7.11. The molecule has 0 aliphatic carbocycles. The Balaban J connectivity index is 1.60. The van der Waals surface area contributed by atoms with Gasteiger partial charge in [-0.1, -0.05) is 36.4 Å². The molecule has 2 aromatic carbocycles. The van der Waals surface area contributed by atoms with Crippen LogP contribution in [0.1, 0.15) is 34.8 Å². The van der Waals surface area contributed by atoms with Gasteiger partial charge < -0.3 is 4.90 Å². The molecule has 2 aromatic heterocycles. The molecule has 1 fully saturated rings. The van der Waals surface area contributed by atoms with E-state index in [0.717, 1.165) is 58.9 Å². The Kier molecular flexibility index (Phi) is 6.80. The maximum atomic E-state index is 13.9. The number of benzene rings is 2. The molecule has 1 saturated heterocycles. The van der Waals surface area contributed by atoms with Crippen molar-refractivity contribution in [1.82, 2.24) is 14.7 Å². The van der Waals surface area contributed by atoms with Gasteiger partial charge in [-0.25, -0.2) is 9.07 Å². The number of halogens is 1. The topological polar surface area (TPSA) is 58.4 Å². The molecule has 6 nitrogen and oxygen atoms in total. The van der Waals surface area contributed by atoms with E-state index < -0.39 is 0 Å². The van der Waals surface area contributed by atoms with Crippen molar-refractivity contribution in [3.8, 4) is 16.3 Å². The highest BCUT2D eigenvalue weighted by molar-refractivity contribution is 8.00. The van der Waals surface area contributed by atoms with Gasteiger partial charge in [0.05, 0.1) is 21.6 Å². The number of amides is 2. The highest BCUT2D eigenvalue weighted by Gasteiger charge is 2.38. The number of aromatic nitrogens is 2. The van der Waals surface area contributed by atoms with Gasteiger partial charge in [0.15, 0.2) is 0 Å². The SMILES string of the molecule is Cc1ccccc1-n1nc(-c2cccs2)c2c1N(CC(=O)N1CCCC1)C(=O)CSC2c1ccc(F)cc1. The van der Waals surface area contributed by atoms with Crippen LogP contribution in [0.15, 0.2) is 66.0 Å². The van der Waals surface area contributed by atoms with Gasteiger partial charge in [0, 0.05) is 18.7 Å². The third kappa shape index (κ3) is 4.54. The summed E-state index contributed by atoms with van der Waals surface area (Å²) < 4.78 is 15.7. The number of thiophene rings is 1. The average molecular weight is 547 g/mol. The van der Waals surface area contributed by atoms with Crippen LogP contribution in [0, 0.1) is 12.7 Å². The van der Waals surface area contributed by atoms with E-state index in [1.54, 1.807) is 28.4 Å².